The number of hydrogen-bond donors (Lipinski definition) is 1. The Morgan fingerprint density at radius 3 is 2.70 bits per heavy atom. The highest BCUT2D eigenvalue weighted by Crippen LogP contribution is 2.30. The third-order valence-corrected chi connectivity index (χ3v) is 6.14. The van der Waals surface area contributed by atoms with Gasteiger partial charge in [-0.15, -0.1) is 12.4 Å². The average Bonchev–Trinajstić information content (AvgIpc) is 2.48. The number of benzene rings is 1. The van der Waals surface area contributed by atoms with Crippen LogP contribution in [0.1, 0.15) is 31.2 Å². The maximum atomic E-state index is 12.9. The summed E-state index contributed by atoms with van der Waals surface area (Å²) in [5, 5.41) is 10.9. The first-order valence-electron chi connectivity index (χ1n) is 7.35. The molecule has 2 rings (SSSR count). The van der Waals surface area contributed by atoms with Gasteiger partial charge < -0.3 is 5.73 Å². The maximum Gasteiger partial charge on any atom is 0.270 e. The minimum Gasteiger partial charge on any atom is -0.330 e. The lowest BCUT2D eigenvalue weighted by molar-refractivity contribution is -0.385. The minimum absolute atomic E-state index is 0. The van der Waals surface area contributed by atoms with Crippen LogP contribution < -0.4 is 5.73 Å². The van der Waals surface area contributed by atoms with Gasteiger partial charge in [0.2, 0.25) is 10.0 Å². The monoisotopic (exact) mass is 363 g/mol. The van der Waals surface area contributed by atoms with E-state index in [0.717, 1.165) is 25.3 Å². The fourth-order valence-electron chi connectivity index (χ4n) is 2.88. The first-order valence-corrected chi connectivity index (χ1v) is 8.79. The van der Waals surface area contributed by atoms with Crippen LogP contribution in [0.5, 0.6) is 0 Å². The fourth-order valence-corrected chi connectivity index (χ4v) is 4.85. The molecule has 0 amide bonds. The van der Waals surface area contributed by atoms with Crippen LogP contribution in [-0.4, -0.2) is 36.8 Å². The number of aryl methyl sites for hydroxylation is 1. The Balaban J connectivity index is 0.00000264. The first kappa shape index (κ1) is 19.8. The molecule has 0 aliphatic carbocycles. The molecule has 130 valence electrons. The molecule has 0 aromatic heterocycles. The van der Waals surface area contributed by atoms with Crippen LogP contribution in [0.2, 0.25) is 0 Å². The third-order valence-electron chi connectivity index (χ3n) is 4.04. The van der Waals surface area contributed by atoms with Crippen LogP contribution >= 0.6 is 12.4 Å². The van der Waals surface area contributed by atoms with Crippen molar-refractivity contribution >= 4 is 28.1 Å². The summed E-state index contributed by atoms with van der Waals surface area (Å²) in [4.78, 5) is 10.4. The highest BCUT2D eigenvalue weighted by atomic mass is 35.5. The number of nitrogens with two attached hydrogens (primary N) is 1. The van der Waals surface area contributed by atoms with Crippen molar-refractivity contribution in [1.82, 2.24) is 4.31 Å². The molecule has 1 aromatic rings. The van der Waals surface area contributed by atoms with Crippen molar-refractivity contribution in [2.45, 2.75) is 43.5 Å². The molecule has 1 aliphatic rings. The Bertz CT molecular complexity index is 664. The van der Waals surface area contributed by atoms with Gasteiger partial charge in [0.15, 0.2) is 0 Å². The second-order valence-corrected chi connectivity index (χ2v) is 7.41. The summed E-state index contributed by atoms with van der Waals surface area (Å²) in [5.74, 6) is 0. The number of piperidine rings is 1. The highest BCUT2D eigenvalue weighted by Gasteiger charge is 2.34. The van der Waals surface area contributed by atoms with Crippen molar-refractivity contribution in [3.63, 3.8) is 0 Å². The molecular weight excluding hydrogens is 342 g/mol. The molecule has 0 radical (unpaired) electrons. The second-order valence-electron chi connectivity index (χ2n) is 5.55. The number of rotatable bonds is 5. The van der Waals surface area contributed by atoms with Crippen molar-refractivity contribution < 1.29 is 13.3 Å². The SMILES string of the molecule is Cc1ccc([N+](=O)[O-])cc1S(=O)(=O)N1CCCCC1CCN.Cl. The van der Waals surface area contributed by atoms with Crippen LogP contribution in [0.3, 0.4) is 0 Å². The molecule has 0 spiro atoms. The van der Waals surface area contributed by atoms with Gasteiger partial charge >= 0.3 is 0 Å². The van der Waals surface area contributed by atoms with Gasteiger partial charge in [0, 0.05) is 24.7 Å². The zero-order valence-electron chi connectivity index (χ0n) is 13.0. The van der Waals surface area contributed by atoms with Crippen molar-refractivity contribution in [3.05, 3.63) is 33.9 Å². The predicted octanol–water partition coefficient (Wildman–Crippen LogP) is 2.22. The molecular formula is C14H22ClN3O4S. The number of non-ortho nitro benzene ring substituents is 1. The van der Waals surface area contributed by atoms with Crippen LogP contribution in [0.15, 0.2) is 23.1 Å². The minimum atomic E-state index is -3.75. The lowest BCUT2D eigenvalue weighted by atomic mass is 10.0. The Kier molecular flexibility index (Phi) is 6.94. The second kappa shape index (κ2) is 8.05. The van der Waals surface area contributed by atoms with E-state index in [1.165, 1.54) is 16.4 Å². The topological polar surface area (TPSA) is 107 Å². The van der Waals surface area contributed by atoms with E-state index >= 15 is 0 Å². The molecule has 1 unspecified atom stereocenters. The molecule has 1 atom stereocenters. The van der Waals surface area contributed by atoms with Gasteiger partial charge in [0.25, 0.3) is 5.69 Å². The third kappa shape index (κ3) is 4.20. The number of nitro benzene ring substituents is 1. The average molecular weight is 364 g/mol. The van der Waals surface area contributed by atoms with E-state index in [9.17, 15) is 18.5 Å². The molecule has 1 aromatic carbocycles. The van der Waals surface area contributed by atoms with E-state index in [1.54, 1.807) is 6.92 Å². The largest absolute Gasteiger partial charge is 0.330 e. The van der Waals surface area contributed by atoms with Gasteiger partial charge in [-0.3, -0.25) is 10.1 Å². The molecule has 0 bridgehead atoms. The van der Waals surface area contributed by atoms with E-state index < -0.39 is 14.9 Å². The van der Waals surface area contributed by atoms with Gasteiger partial charge in [-0.1, -0.05) is 12.5 Å². The van der Waals surface area contributed by atoms with Crippen LogP contribution in [0.4, 0.5) is 5.69 Å². The van der Waals surface area contributed by atoms with E-state index in [4.69, 9.17) is 5.73 Å². The molecule has 2 N–H and O–H groups in total. The molecule has 1 aliphatic heterocycles. The molecule has 0 saturated carbocycles. The standard InChI is InChI=1S/C14H21N3O4S.ClH/c1-11-5-6-13(17(18)19)10-14(11)22(20,21)16-9-3-2-4-12(16)7-8-15;/h5-6,10,12H,2-4,7-9,15H2,1H3;1H. The Labute approximate surface area is 142 Å². The van der Waals surface area contributed by atoms with Crippen LogP contribution in [0, 0.1) is 17.0 Å². The molecule has 23 heavy (non-hydrogen) atoms. The predicted molar refractivity (Wildman–Crippen MR) is 90.3 cm³/mol. The van der Waals surface area contributed by atoms with E-state index in [2.05, 4.69) is 0 Å². The van der Waals surface area contributed by atoms with E-state index in [-0.39, 0.29) is 29.0 Å². The highest BCUT2D eigenvalue weighted by molar-refractivity contribution is 7.89. The maximum absolute atomic E-state index is 12.9. The van der Waals surface area contributed by atoms with Gasteiger partial charge in [0.05, 0.1) is 9.82 Å². The zero-order valence-corrected chi connectivity index (χ0v) is 14.6. The van der Waals surface area contributed by atoms with Gasteiger partial charge in [-0.05, 0) is 38.3 Å². The van der Waals surface area contributed by atoms with Gasteiger partial charge in [0.1, 0.15) is 0 Å². The number of sulfonamides is 1. The normalized spacial score (nSPS) is 19.1. The van der Waals surface area contributed by atoms with Crippen molar-refractivity contribution in [3.8, 4) is 0 Å². The fraction of sp³-hybridized carbons (Fsp3) is 0.571. The number of nitrogens with zero attached hydrogens (tertiary/aromatic N) is 2. The molecule has 7 nitrogen and oxygen atoms in total. The van der Waals surface area contributed by atoms with Gasteiger partial charge in [-0.25, -0.2) is 8.42 Å². The van der Waals surface area contributed by atoms with Crippen molar-refractivity contribution in [1.29, 1.82) is 0 Å². The summed E-state index contributed by atoms with van der Waals surface area (Å²) in [6, 6.07) is 3.83. The first-order chi connectivity index (χ1) is 10.4. The van der Waals surface area contributed by atoms with Crippen LogP contribution in [0.25, 0.3) is 0 Å². The summed E-state index contributed by atoms with van der Waals surface area (Å²) >= 11 is 0. The molecule has 1 saturated heterocycles. The summed E-state index contributed by atoms with van der Waals surface area (Å²) in [6.07, 6.45) is 3.16. The summed E-state index contributed by atoms with van der Waals surface area (Å²) < 4.78 is 27.3. The van der Waals surface area contributed by atoms with E-state index in [0.29, 0.717) is 25.1 Å². The lowest BCUT2D eigenvalue weighted by Crippen LogP contribution is -2.44. The Hall–Kier alpha value is -1.22. The number of halogens is 1. The Morgan fingerprint density at radius 2 is 2.09 bits per heavy atom. The van der Waals surface area contributed by atoms with Crippen molar-refractivity contribution in [2.24, 2.45) is 5.73 Å². The quantitative estimate of drug-likeness (QED) is 0.637. The molecule has 9 heteroatoms. The smallest absolute Gasteiger partial charge is 0.270 e. The lowest BCUT2D eigenvalue weighted by Gasteiger charge is -2.34. The number of nitro groups is 1. The van der Waals surface area contributed by atoms with Crippen LogP contribution in [-0.2, 0) is 10.0 Å². The van der Waals surface area contributed by atoms with Crippen molar-refractivity contribution in [2.75, 3.05) is 13.1 Å². The van der Waals surface area contributed by atoms with Gasteiger partial charge in [-0.2, -0.15) is 4.31 Å². The number of hydrogen-bond acceptors (Lipinski definition) is 5. The van der Waals surface area contributed by atoms with E-state index in [1.807, 2.05) is 0 Å². The summed E-state index contributed by atoms with van der Waals surface area (Å²) in [6.45, 7) is 2.51. The Morgan fingerprint density at radius 1 is 1.39 bits per heavy atom. The summed E-state index contributed by atoms with van der Waals surface area (Å²) in [5.41, 5.74) is 5.89. The molecule has 1 fully saturated rings. The summed E-state index contributed by atoms with van der Waals surface area (Å²) in [7, 11) is -3.75. The molecule has 1 heterocycles. The zero-order chi connectivity index (χ0) is 16.3.